The summed E-state index contributed by atoms with van der Waals surface area (Å²) >= 11 is 1.74. The van der Waals surface area contributed by atoms with Crippen LogP contribution in [0.3, 0.4) is 0 Å². The zero-order valence-electron chi connectivity index (χ0n) is 14.7. The van der Waals surface area contributed by atoms with Crippen LogP contribution in [-0.2, 0) is 13.1 Å². The van der Waals surface area contributed by atoms with Crippen LogP contribution >= 0.6 is 11.3 Å². The molecule has 134 valence electrons. The van der Waals surface area contributed by atoms with Gasteiger partial charge in [0, 0.05) is 39.3 Å². The number of amides is 2. The lowest BCUT2D eigenvalue weighted by Crippen LogP contribution is -2.51. The monoisotopic (exact) mass is 365 g/mol. The van der Waals surface area contributed by atoms with E-state index < -0.39 is 0 Å². The van der Waals surface area contributed by atoms with E-state index in [1.165, 1.54) is 16.3 Å². The molecule has 1 aliphatic rings. The van der Waals surface area contributed by atoms with Crippen molar-refractivity contribution in [3.8, 4) is 0 Å². The van der Waals surface area contributed by atoms with Gasteiger partial charge in [0.2, 0.25) is 0 Å². The second-order valence-corrected chi connectivity index (χ2v) is 7.47. The SMILES string of the molecule is O=C(NCc1cccc2ccccc12)N1CCN(Cc2ccsc2)CC1. The minimum atomic E-state index is 0.0353. The molecule has 2 heterocycles. The predicted molar refractivity (Wildman–Crippen MR) is 107 cm³/mol. The van der Waals surface area contributed by atoms with Gasteiger partial charge in [-0.1, -0.05) is 42.5 Å². The Kier molecular flexibility index (Phi) is 5.18. The second kappa shape index (κ2) is 7.89. The minimum absolute atomic E-state index is 0.0353. The Morgan fingerprint density at radius 1 is 1.00 bits per heavy atom. The fourth-order valence-corrected chi connectivity index (χ4v) is 4.14. The molecule has 0 bridgehead atoms. The van der Waals surface area contributed by atoms with Crippen molar-refractivity contribution in [2.45, 2.75) is 13.1 Å². The number of hydrogen-bond acceptors (Lipinski definition) is 3. The van der Waals surface area contributed by atoms with Gasteiger partial charge in [-0.05, 0) is 38.7 Å². The van der Waals surface area contributed by atoms with Crippen molar-refractivity contribution in [1.82, 2.24) is 15.1 Å². The molecule has 0 spiro atoms. The highest BCUT2D eigenvalue weighted by Crippen LogP contribution is 2.18. The highest BCUT2D eigenvalue weighted by Gasteiger charge is 2.21. The third-order valence-electron chi connectivity index (χ3n) is 4.96. The van der Waals surface area contributed by atoms with Gasteiger partial charge in [0.15, 0.2) is 0 Å². The summed E-state index contributed by atoms with van der Waals surface area (Å²) in [7, 11) is 0. The van der Waals surface area contributed by atoms with Crippen LogP contribution in [0.15, 0.2) is 59.3 Å². The molecule has 0 unspecified atom stereocenters. The molecule has 4 rings (SSSR count). The Morgan fingerprint density at radius 2 is 1.81 bits per heavy atom. The predicted octanol–water partition coefficient (Wildman–Crippen LogP) is 3.93. The molecule has 1 N–H and O–H groups in total. The van der Waals surface area contributed by atoms with Crippen LogP contribution in [0.5, 0.6) is 0 Å². The van der Waals surface area contributed by atoms with E-state index in [9.17, 15) is 4.79 Å². The maximum Gasteiger partial charge on any atom is 0.317 e. The fraction of sp³-hybridized carbons (Fsp3) is 0.286. The maximum absolute atomic E-state index is 12.5. The van der Waals surface area contributed by atoms with Crippen LogP contribution in [0.2, 0.25) is 0 Å². The van der Waals surface area contributed by atoms with Crippen LogP contribution in [-0.4, -0.2) is 42.0 Å². The van der Waals surface area contributed by atoms with Crippen molar-refractivity contribution < 1.29 is 4.79 Å². The van der Waals surface area contributed by atoms with Gasteiger partial charge in [-0.25, -0.2) is 4.79 Å². The molecule has 0 saturated carbocycles. The summed E-state index contributed by atoms with van der Waals surface area (Å²) in [4.78, 5) is 16.9. The number of benzene rings is 2. The van der Waals surface area contributed by atoms with Gasteiger partial charge in [0.1, 0.15) is 0 Å². The van der Waals surface area contributed by atoms with E-state index in [2.05, 4.69) is 51.3 Å². The Hall–Kier alpha value is -2.37. The topological polar surface area (TPSA) is 35.6 Å². The van der Waals surface area contributed by atoms with E-state index in [4.69, 9.17) is 0 Å². The minimum Gasteiger partial charge on any atom is -0.334 e. The summed E-state index contributed by atoms with van der Waals surface area (Å²) in [5.41, 5.74) is 2.52. The van der Waals surface area contributed by atoms with Crippen molar-refractivity contribution in [3.05, 3.63) is 70.4 Å². The molecule has 1 saturated heterocycles. The number of rotatable bonds is 4. The lowest BCUT2D eigenvalue weighted by atomic mass is 10.0. The number of urea groups is 1. The van der Waals surface area contributed by atoms with E-state index in [0.29, 0.717) is 6.54 Å². The Bertz CT molecular complexity index is 865. The van der Waals surface area contributed by atoms with Crippen molar-refractivity contribution in [2.75, 3.05) is 26.2 Å². The molecule has 26 heavy (non-hydrogen) atoms. The van der Waals surface area contributed by atoms with Gasteiger partial charge in [0.05, 0.1) is 0 Å². The molecule has 1 aromatic heterocycles. The molecule has 2 amide bonds. The van der Waals surface area contributed by atoms with E-state index in [1.54, 1.807) is 11.3 Å². The smallest absolute Gasteiger partial charge is 0.317 e. The van der Waals surface area contributed by atoms with E-state index in [0.717, 1.165) is 38.3 Å². The number of carbonyl (C=O) groups is 1. The number of piperazine rings is 1. The number of fused-ring (bicyclic) bond motifs is 1. The van der Waals surface area contributed by atoms with E-state index in [-0.39, 0.29) is 6.03 Å². The molecule has 1 aliphatic heterocycles. The van der Waals surface area contributed by atoms with Crippen molar-refractivity contribution in [2.24, 2.45) is 0 Å². The fourth-order valence-electron chi connectivity index (χ4n) is 3.48. The van der Waals surface area contributed by atoms with Crippen molar-refractivity contribution in [3.63, 3.8) is 0 Å². The normalized spacial score (nSPS) is 15.3. The number of hydrogen-bond donors (Lipinski definition) is 1. The highest BCUT2D eigenvalue weighted by molar-refractivity contribution is 7.07. The van der Waals surface area contributed by atoms with E-state index in [1.807, 2.05) is 23.1 Å². The lowest BCUT2D eigenvalue weighted by molar-refractivity contribution is 0.135. The quantitative estimate of drug-likeness (QED) is 0.760. The van der Waals surface area contributed by atoms with Crippen LogP contribution in [0.1, 0.15) is 11.1 Å². The van der Waals surface area contributed by atoms with Gasteiger partial charge in [-0.3, -0.25) is 4.90 Å². The number of nitrogens with one attached hydrogen (secondary N) is 1. The summed E-state index contributed by atoms with van der Waals surface area (Å²) in [6.07, 6.45) is 0. The van der Waals surface area contributed by atoms with Gasteiger partial charge in [0.25, 0.3) is 0 Å². The van der Waals surface area contributed by atoms with Crippen molar-refractivity contribution in [1.29, 1.82) is 0 Å². The van der Waals surface area contributed by atoms with Crippen molar-refractivity contribution >= 4 is 28.1 Å². The molecule has 0 aliphatic carbocycles. The molecular weight excluding hydrogens is 342 g/mol. The summed E-state index contributed by atoms with van der Waals surface area (Å²) in [6, 6.07) is 16.7. The third-order valence-corrected chi connectivity index (χ3v) is 5.69. The Labute approximate surface area is 158 Å². The summed E-state index contributed by atoms with van der Waals surface area (Å²) < 4.78 is 0. The van der Waals surface area contributed by atoms with Gasteiger partial charge < -0.3 is 10.2 Å². The Morgan fingerprint density at radius 3 is 2.62 bits per heavy atom. The standard InChI is InChI=1S/C21H23N3OS/c25-21(22-14-19-6-3-5-18-4-1-2-7-20(18)19)24-11-9-23(10-12-24)15-17-8-13-26-16-17/h1-8,13,16H,9-12,14-15H2,(H,22,25). The first-order chi connectivity index (χ1) is 12.8. The number of thiophene rings is 1. The molecule has 3 aromatic rings. The van der Waals surface area contributed by atoms with Gasteiger partial charge >= 0.3 is 6.03 Å². The van der Waals surface area contributed by atoms with Crippen LogP contribution in [0.25, 0.3) is 10.8 Å². The number of carbonyl (C=O) groups excluding carboxylic acids is 1. The van der Waals surface area contributed by atoms with Crippen LogP contribution in [0.4, 0.5) is 4.79 Å². The first-order valence-corrected chi connectivity index (χ1v) is 9.97. The van der Waals surface area contributed by atoms with Gasteiger partial charge in [-0.15, -0.1) is 0 Å². The van der Waals surface area contributed by atoms with Gasteiger partial charge in [-0.2, -0.15) is 11.3 Å². The molecule has 4 nitrogen and oxygen atoms in total. The first-order valence-electron chi connectivity index (χ1n) is 9.02. The molecular formula is C21H23N3OS. The second-order valence-electron chi connectivity index (χ2n) is 6.69. The summed E-state index contributed by atoms with van der Waals surface area (Å²) in [6.45, 7) is 4.97. The van der Waals surface area contributed by atoms with Crippen LogP contribution < -0.4 is 5.32 Å². The Balaban J connectivity index is 1.30. The first kappa shape index (κ1) is 17.1. The van der Waals surface area contributed by atoms with Crippen LogP contribution in [0, 0.1) is 0 Å². The summed E-state index contributed by atoms with van der Waals surface area (Å²) in [5.74, 6) is 0. The highest BCUT2D eigenvalue weighted by atomic mass is 32.1. The zero-order chi connectivity index (χ0) is 17.8. The zero-order valence-corrected chi connectivity index (χ0v) is 15.5. The molecule has 2 aromatic carbocycles. The number of nitrogens with zero attached hydrogens (tertiary/aromatic N) is 2. The maximum atomic E-state index is 12.5. The van der Waals surface area contributed by atoms with E-state index >= 15 is 0 Å². The molecule has 0 radical (unpaired) electrons. The molecule has 1 fully saturated rings. The summed E-state index contributed by atoms with van der Waals surface area (Å²) in [5, 5.41) is 9.82. The molecule has 5 heteroatoms. The largest absolute Gasteiger partial charge is 0.334 e. The third kappa shape index (κ3) is 3.89. The lowest BCUT2D eigenvalue weighted by Gasteiger charge is -2.34. The molecule has 0 atom stereocenters. The average molecular weight is 366 g/mol. The average Bonchev–Trinajstić information content (AvgIpc) is 3.19.